The van der Waals surface area contributed by atoms with Crippen molar-refractivity contribution in [3.05, 3.63) is 0 Å². The molecule has 0 aromatic heterocycles. The topological polar surface area (TPSA) is 9.23 Å². The molecule has 0 amide bonds. The molecule has 0 saturated heterocycles. The van der Waals surface area contributed by atoms with E-state index in [2.05, 4.69) is 4.43 Å². The molecule has 0 aromatic carbocycles. The Hall–Kier alpha value is -1.01. The molecule has 19 heteroatoms. The number of alkyl halides is 17. The number of halogens is 17. The van der Waals surface area contributed by atoms with Gasteiger partial charge < -0.3 is 4.43 Å². The molecule has 0 radical (unpaired) electrons. The van der Waals surface area contributed by atoms with Gasteiger partial charge in [-0.3, -0.25) is 0 Å². The van der Waals surface area contributed by atoms with Gasteiger partial charge in [-0.1, -0.05) is 0 Å². The molecule has 0 fully saturated rings. The number of hydrogen-bond donors (Lipinski definition) is 0. The SMILES string of the molecule is CC(O[Si](C)(C)C)C(F)(F)C(F)(F)C(F)(F)C(F)(F)C(F)(F)C(F)(F)C(F)(F)CCC(F)(F)F. The van der Waals surface area contributed by atoms with Crippen LogP contribution < -0.4 is 0 Å². The average Bonchev–Trinajstić information content (AvgIpc) is 2.56. The summed E-state index contributed by atoms with van der Waals surface area (Å²) in [6.45, 7) is 2.99. The molecule has 1 atom stereocenters. The Bertz CT molecular complexity index is 707. The zero-order valence-corrected chi connectivity index (χ0v) is 18.3. The third kappa shape index (κ3) is 5.53. The van der Waals surface area contributed by atoms with Crippen LogP contribution in [0.25, 0.3) is 0 Å². The summed E-state index contributed by atoms with van der Waals surface area (Å²) >= 11 is 0. The predicted molar refractivity (Wildman–Crippen MR) is 83.8 cm³/mol. The van der Waals surface area contributed by atoms with Gasteiger partial charge in [0.1, 0.15) is 6.10 Å². The van der Waals surface area contributed by atoms with Gasteiger partial charge >= 0.3 is 47.6 Å². The van der Waals surface area contributed by atoms with Crippen LogP contribution in [0.3, 0.4) is 0 Å². The van der Waals surface area contributed by atoms with Crippen LogP contribution in [0, 0.1) is 0 Å². The van der Waals surface area contributed by atoms with E-state index in [1.807, 2.05) is 0 Å². The molecular formula is C15H17F17OSi. The molecule has 0 rings (SSSR count). The third-order valence-electron chi connectivity index (χ3n) is 4.22. The molecule has 0 aliphatic rings. The molecule has 0 saturated carbocycles. The molecule has 206 valence electrons. The van der Waals surface area contributed by atoms with Crippen molar-refractivity contribution in [2.75, 3.05) is 0 Å². The number of hydrogen-bond acceptors (Lipinski definition) is 1. The average molecular weight is 564 g/mol. The first-order chi connectivity index (χ1) is 14.3. The van der Waals surface area contributed by atoms with Gasteiger partial charge in [0.05, 0.1) is 0 Å². The molecule has 0 heterocycles. The van der Waals surface area contributed by atoms with Gasteiger partial charge in [-0.05, 0) is 26.6 Å². The van der Waals surface area contributed by atoms with E-state index in [1.165, 1.54) is 0 Å². The van der Waals surface area contributed by atoms with Crippen LogP contribution in [0.4, 0.5) is 74.6 Å². The third-order valence-corrected chi connectivity index (χ3v) is 5.28. The Labute approximate surface area is 181 Å². The lowest BCUT2D eigenvalue weighted by molar-refractivity contribution is -0.445. The second-order valence-corrected chi connectivity index (χ2v) is 12.6. The second-order valence-electron chi connectivity index (χ2n) is 8.19. The van der Waals surface area contributed by atoms with Crippen molar-refractivity contribution in [2.45, 2.75) is 93.1 Å². The highest BCUT2D eigenvalue weighted by atomic mass is 28.4. The molecule has 34 heavy (non-hydrogen) atoms. The van der Waals surface area contributed by atoms with E-state index in [9.17, 15) is 74.6 Å². The highest BCUT2D eigenvalue weighted by molar-refractivity contribution is 6.69. The van der Waals surface area contributed by atoms with E-state index < -0.39 is 74.9 Å². The van der Waals surface area contributed by atoms with Crippen molar-refractivity contribution < 1.29 is 79.1 Å². The van der Waals surface area contributed by atoms with Crippen LogP contribution in [0.15, 0.2) is 0 Å². The standard InChI is InChI=1S/C15H17F17OSi/c1-7(33-34(2,3)4)10(21,22)12(25,26)14(29,30)15(31,32)13(27,28)11(23,24)8(16,17)5-6-9(18,19)20/h7H,5-6H2,1-4H3. The van der Waals surface area contributed by atoms with Crippen LogP contribution >= 0.6 is 0 Å². The molecule has 0 bridgehead atoms. The lowest BCUT2D eigenvalue weighted by atomic mass is 9.87. The highest BCUT2D eigenvalue weighted by Crippen LogP contribution is 2.63. The summed E-state index contributed by atoms with van der Waals surface area (Å²) in [5, 5.41) is 0. The quantitative estimate of drug-likeness (QED) is 0.183. The Balaban J connectivity index is 6.54. The van der Waals surface area contributed by atoms with Crippen LogP contribution in [0.2, 0.25) is 19.6 Å². The summed E-state index contributed by atoms with van der Waals surface area (Å²) in [5.41, 5.74) is 0. The first kappa shape index (κ1) is 33.0. The minimum absolute atomic E-state index is 0.0571. The minimum atomic E-state index is -8.34. The van der Waals surface area contributed by atoms with Gasteiger partial charge in [-0.15, -0.1) is 0 Å². The first-order valence-corrected chi connectivity index (χ1v) is 12.1. The fourth-order valence-corrected chi connectivity index (χ4v) is 3.55. The fraction of sp³-hybridized carbons (Fsp3) is 1.00. The Morgan fingerprint density at radius 3 is 1.18 bits per heavy atom. The monoisotopic (exact) mass is 564 g/mol. The molecule has 0 N–H and O–H groups in total. The van der Waals surface area contributed by atoms with E-state index in [4.69, 9.17) is 0 Å². The number of rotatable bonds is 11. The van der Waals surface area contributed by atoms with Gasteiger partial charge in [0.2, 0.25) is 0 Å². The maximum absolute atomic E-state index is 14.0. The summed E-state index contributed by atoms with van der Waals surface area (Å²) in [7, 11) is -3.33. The van der Waals surface area contributed by atoms with Crippen molar-refractivity contribution in [3.63, 3.8) is 0 Å². The highest BCUT2D eigenvalue weighted by Gasteiger charge is 2.93. The molecule has 0 aromatic rings. The summed E-state index contributed by atoms with van der Waals surface area (Å²) in [6.07, 6.45) is -15.5. The van der Waals surface area contributed by atoms with Gasteiger partial charge in [0.15, 0.2) is 8.32 Å². The van der Waals surface area contributed by atoms with Gasteiger partial charge in [0.25, 0.3) is 0 Å². The summed E-state index contributed by atoms with van der Waals surface area (Å²) in [6, 6.07) is 0. The van der Waals surface area contributed by atoms with Gasteiger partial charge in [-0.25, -0.2) is 0 Å². The van der Waals surface area contributed by atoms with Crippen LogP contribution in [0.1, 0.15) is 19.8 Å². The molecule has 0 aliphatic carbocycles. The summed E-state index contributed by atoms with van der Waals surface area (Å²) in [4.78, 5) is 0. The van der Waals surface area contributed by atoms with Crippen molar-refractivity contribution in [1.82, 2.24) is 0 Å². The lowest BCUT2D eigenvalue weighted by Gasteiger charge is -2.44. The zero-order valence-electron chi connectivity index (χ0n) is 17.3. The van der Waals surface area contributed by atoms with Crippen LogP contribution in [-0.2, 0) is 4.43 Å². The predicted octanol–water partition coefficient (Wildman–Crippen LogP) is 8.02. The molecule has 0 aliphatic heterocycles. The summed E-state index contributed by atoms with van der Waals surface area (Å²) in [5.74, 6) is -53.4. The van der Waals surface area contributed by atoms with E-state index in [1.54, 1.807) is 0 Å². The van der Waals surface area contributed by atoms with Crippen molar-refractivity contribution in [1.29, 1.82) is 0 Å². The minimum Gasteiger partial charge on any atom is -0.409 e. The maximum atomic E-state index is 14.0. The smallest absolute Gasteiger partial charge is 0.389 e. The van der Waals surface area contributed by atoms with Gasteiger partial charge in [-0.2, -0.15) is 74.6 Å². The first-order valence-electron chi connectivity index (χ1n) is 8.73. The molecular weight excluding hydrogens is 547 g/mol. The molecule has 1 nitrogen and oxygen atoms in total. The van der Waals surface area contributed by atoms with Crippen molar-refractivity contribution in [3.8, 4) is 0 Å². The normalized spacial score (nSPS) is 17.2. The largest absolute Gasteiger partial charge is 0.409 e. The Kier molecular flexibility index (Phi) is 8.56. The molecule has 1 unspecified atom stereocenters. The maximum Gasteiger partial charge on any atom is 0.389 e. The molecule has 0 spiro atoms. The fourth-order valence-electron chi connectivity index (χ4n) is 2.35. The Morgan fingerprint density at radius 2 is 0.853 bits per heavy atom. The zero-order chi connectivity index (χ0) is 28.2. The van der Waals surface area contributed by atoms with E-state index in [0.717, 1.165) is 19.6 Å². The lowest BCUT2D eigenvalue weighted by Crippen LogP contribution is -2.74. The van der Waals surface area contributed by atoms with Crippen molar-refractivity contribution in [2.24, 2.45) is 0 Å². The van der Waals surface area contributed by atoms with Crippen LogP contribution in [0.5, 0.6) is 0 Å². The Morgan fingerprint density at radius 1 is 0.529 bits per heavy atom. The van der Waals surface area contributed by atoms with E-state index in [0.29, 0.717) is 0 Å². The van der Waals surface area contributed by atoms with Crippen molar-refractivity contribution >= 4 is 8.32 Å². The van der Waals surface area contributed by atoms with E-state index >= 15 is 0 Å². The van der Waals surface area contributed by atoms with Crippen LogP contribution in [-0.4, -0.2) is 62.1 Å². The van der Waals surface area contributed by atoms with E-state index in [-0.39, 0.29) is 6.92 Å². The van der Waals surface area contributed by atoms with Gasteiger partial charge in [0, 0.05) is 12.8 Å². The second kappa shape index (κ2) is 8.83. The summed E-state index contributed by atoms with van der Waals surface area (Å²) < 4.78 is 232.